The number of nitrogens with one attached hydrogen (secondary N) is 2. The Kier molecular flexibility index (Phi) is 8.02. The number of hydrogen-bond donors (Lipinski definition) is 2. The summed E-state index contributed by atoms with van der Waals surface area (Å²) in [7, 11) is 0. The number of hydrogen-bond acceptors (Lipinski definition) is 6. The van der Waals surface area contributed by atoms with E-state index in [1.54, 1.807) is 40.7 Å². The molecule has 31 heavy (non-hydrogen) atoms. The Morgan fingerprint density at radius 2 is 1.84 bits per heavy atom. The van der Waals surface area contributed by atoms with E-state index in [-0.39, 0.29) is 17.1 Å². The van der Waals surface area contributed by atoms with Gasteiger partial charge < -0.3 is 4.74 Å². The highest BCUT2D eigenvalue weighted by atomic mass is 32.2. The van der Waals surface area contributed by atoms with Gasteiger partial charge in [0.25, 0.3) is 5.91 Å². The minimum absolute atomic E-state index is 0.0713. The number of carbonyl (C=O) groups is 1. The van der Waals surface area contributed by atoms with Gasteiger partial charge in [-0.3, -0.25) is 15.5 Å². The first-order valence-electron chi connectivity index (χ1n) is 9.96. The minimum atomic E-state index is -0.307. The summed E-state index contributed by atoms with van der Waals surface area (Å²) in [5.41, 5.74) is 4.70. The van der Waals surface area contributed by atoms with Gasteiger partial charge in [-0.15, -0.1) is 10.2 Å². The fourth-order valence-electron chi connectivity index (χ4n) is 2.72. The maximum Gasteiger partial charge on any atom is 0.257 e. The third-order valence-electron chi connectivity index (χ3n) is 4.16. The predicted molar refractivity (Wildman–Crippen MR) is 127 cm³/mol. The zero-order valence-corrected chi connectivity index (χ0v) is 19.3. The van der Waals surface area contributed by atoms with Crippen LogP contribution in [0.2, 0.25) is 0 Å². The Morgan fingerprint density at radius 1 is 1.13 bits per heavy atom. The number of aromatic nitrogens is 3. The van der Waals surface area contributed by atoms with Gasteiger partial charge in [-0.2, -0.15) is 0 Å². The lowest BCUT2D eigenvalue weighted by Crippen LogP contribution is -2.38. The van der Waals surface area contributed by atoms with E-state index in [1.165, 1.54) is 5.56 Å². The molecule has 0 unspecified atom stereocenters. The maximum atomic E-state index is 12.5. The van der Waals surface area contributed by atoms with Gasteiger partial charge in [-0.1, -0.05) is 49.0 Å². The van der Waals surface area contributed by atoms with Crippen LogP contribution in [0.25, 0.3) is 0 Å². The lowest BCUT2D eigenvalue weighted by atomic mass is 10.2. The van der Waals surface area contributed by atoms with Gasteiger partial charge in [0.15, 0.2) is 10.9 Å². The Bertz CT molecular complexity index is 1020. The number of aryl methyl sites for hydroxylation is 1. The molecule has 162 valence electrons. The molecule has 9 heteroatoms. The summed E-state index contributed by atoms with van der Waals surface area (Å²) in [6, 6.07) is 17.0. The molecule has 0 spiro atoms. The van der Waals surface area contributed by atoms with Crippen LogP contribution < -0.4 is 15.5 Å². The third-order valence-corrected chi connectivity index (χ3v) is 5.35. The monoisotopic (exact) mass is 455 g/mol. The summed E-state index contributed by atoms with van der Waals surface area (Å²) in [5, 5.41) is 12.0. The molecule has 0 atom stereocenters. The van der Waals surface area contributed by atoms with Gasteiger partial charge in [-0.25, -0.2) is 4.68 Å². The summed E-state index contributed by atoms with van der Waals surface area (Å²) in [6.45, 7) is 5.88. The SMILES string of the molecule is CCc1nnc(SCc2ccccc2)n1NC(=S)NC(=O)c1ccc(OC(C)C)cc1. The molecule has 1 aromatic heterocycles. The quantitative estimate of drug-likeness (QED) is 0.390. The first-order chi connectivity index (χ1) is 15.0. The second-order valence-electron chi connectivity index (χ2n) is 6.95. The fourth-order valence-corrected chi connectivity index (χ4v) is 3.77. The van der Waals surface area contributed by atoms with Gasteiger partial charge >= 0.3 is 0 Å². The number of ether oxygens (including phenoxy) is 1. The van der Waals surface area contributed by atoms with Crippen LogP contribution in [0.5, 0.6) is 5.75 Å². The molecule has 0 fully saturated rings. The van der Waals surface area contributed by atoms with Crippen molar-refractivity contribution in [3.8, 4) is 5.75 Å². The Morgan fingerprint density at radius 3 is 2.48 bits per heavy atom. The molecule has 0 aliphatic rings. The Hall–Kier alpha value is -2.91. The molecule has 7 nitrogen and oxygen atoms in total. The number of rotatable bonds is 8. The van der Waals surface area contributed by atoms with Gasteiger partial charge in [0, 0.05) is 17.7 Å². The van der Waals surface area contributed by atoms with E-state index < -0.39 is 0 Å². The molecule has 2 aromatic carbocycles. The fraction of sp³-hybridized carbons (Fsp3) is 0.273. The first-order valence-corrected chi connectivity index (χ1v) is 11.4. The smallest absolute Gasteiger partial charge is 0.257 e. The van der Waals surface area contributed by atoms with E-state index in [2.05, 4.69) is 33.1 Å². The number of carbonyl (C=O) groups excluding carboxylic acids is 1. The lowest BCUT2D eigenvalue weighted by molar-refractivity contribution is 0.0977. The van der Waals surface area contributed by atoms with E-state index >= 15 is 0 Å². The highest BCUT2D eigenvalue weighted by Gasteiger charge is 2.15. The van der Waals surface area contributed by atoms with Crippen LogP contribution in [0, 0.1) is 0 Å². The Balaban J connectivity index is 1.62. The van der Waals surface area contributed by atoms with Crippen molar-refractivity contribution in [2.75, 3.05) is 5.43 Å². The summed E-state index contributed by atoms with van der Waals surface area (Å²) in [4.78, 5) is 12.5. The average Bonchev–Trinajstić information content (AvgIpc) is 3.14. The van der Waals surface area contributed by atoms with Gasteiger partial charge in [0.2, 0.25) is 5.16 Å². The van der Waals surface area contributed by atoms with Crippen LogP contribution in [0.4, 0.5) is 0 Å². The third kappa shape index (κ3) is 6.53. The van der Waals surface area contributed by atoms with Crippen LogP contribution in [0.3, 0.4) is 0 Å². The topological polar surface area (TPSA) is 81.1 Å². The summed E-state index contributed by atoms with van der Waals surface area (Å²) in [5.74, 6) is 1.87. The average molecular weight is 456 g/mol. The van der Waals surface area contributed by atoms with Crippen molar-refractivity contribution < 1.29 is 9.53 Å². The molecule has 3 rings (SSSR count). The number of thiocarbonyl (C=S) groups is 1. The van der Waals surface area contributed by atoms with Gasteiger partial charge in [0.1, 0.15) is 5.75 Å². The molecule has 3 aromatic rings. The Labute approximate surface area is 191 Å². The zero-order chi connectivity index (χ0) is 22.2. The second kappa shape index (κ2) is 10.9. The molecule has 1 heterocycles. The van der Waals surface area contributed by atoms with Crippen molar-refractivity contribution in [1.82, 2.24) is 20.2 Å². The molecule has 0 radical (unpaired) electrons. The number of benzene rings is 2. The highest BCUT2D eigenvalue weighted by Crippen LogP contribution is 2.21. The van der Waals surface area contributed by atoms with Crippen LogP contribution >= 0.6 is 24.0 Å². The summed E-state index contributed by atoms with van der Waals surface area (Å²) in [6.07, 6.45) is 0.738. The molecule has 1 amide bonds. The van der Waals surface area contributed by atoms with Gasteiger partial charge in [-0.05, 0) is 55.9 Å². The van der Waals surface area contributed by atoms with E-state index in [0.717, 1.165) is 11.6 Å². The van der Waals surface area contributed by atoms with E-state index in [1.807, 2.05) is 39.0 Å². The molecule has 0 bridgehead atoms. The molecular formula is C22H25N5O2S2. The van der Waals surface area contributed by atoms with Crippen molar-refractivity contribution in [1.29, 1.82) is 0 Å². The van der Waals surface area contributed by atoms with Gasteiger partial charge in [0.05, 0.1) is 6.10 Å². The number of thioether (sulfide) groups is 1. The molecule has 0 saturated carbocycles. The zero-order valence-electron chi connectivity index (χ0n) is 17.7. The normalized spacial score (nSPS) is 10.7. The standard InChI is InChI=1S/C22H25N5O2S2/c1-4-19-24-25-22(31-14-16-8-6-5-7-9-16)27(19)26-21(30)23-20(28)17-10-12-18(13-11-17)29-15(2)3/h5-13,15H,4,14H2,1-3H3,(H2,23,26,28,30). The molecule has 0 aliphatic heterocycles. The lowest BCUT2D eigenvalue weighted by Gasteiger charge is -2.14. The van der Waals surface area contributed by atoms with E-state index in [4.69, 9.17) is 17.0 Å². The van der Waals surface area contributed by atoms with Crippen molar-refractivity contribution in [2.45, 2.75) is 44.2 Å². The predicted octanol–water partition coefficient (Wildman–Crippen LogP) is 4.18. The number of amides is 1. The molecular weight excluding hydrogens is 430 g/mol. The second-order valence-corrected chi connectivity index (χ2v) is 8.30. The van der Waals surface area contributed by atoms with Crippen LogP contribution in [-0.4, -0.2) is 32.0 Å². The maximum absolute atomic E-state index is 12.5. The van der Waals surface area contributed by atoms with Crippen LogP contribution in [0.15, 0.2) is 59.8 Å². The van der Waals surface area contributed by atoms with Crippen molar-refractivity contribution in [3.63, 3.8) is 0 Å². The number of nitrogens with zero attached hydrogens (tertiary/aromatic N) is 3. The molecule has 0 aliphatic carbocycles. The van der Waals surface area contributed by atoms with Crippen molar-refractivity contribution in [2.24, 2.45) is 0 Å². The van der Waals surface area contributed by atoms with E-state index in [9.17, 15) is 4.79 Å². The molecule has 0 saturated heterocycles. The minimum Gasteiger partial charge on any atom is -0.491 e. The highest BCUT2D eigenvalue weighted by molar-refractivity contribution is 7.98. The largest absolute Gasteiger partial charge is 0.491 e. The van der Waals surface area contributed by atoms with Crippen molar-refractivity contribution in [3.05, 3.63) is 71.5 Å². The summed E-state index contributed by atoms with van der Waals surface area (Å²) >= 11 is 6.89. The van der Waals surface area contributed by atoms with E-state index in [0.29, 0.717) is 22.9 Å². The molecule has 2 N–H and O–H groups in total. The summed E-state index contributed by atoms with van der Waals surface area (Å²) < 4.78 is 7.32. The first kappa shape index (κ1) is 22.8. The van der Waals surface area contributed by atoms with Crippen LogP contribution in [-0.2, 0) is 12.2 Å². The van der Waals surface area contributed by atoms with Crippen molar-refractivity contribution >= 4 is 35.0 Å². The van der Waals surface area contributed by atoms with Crippen LogP contribution in [0.1, 0.15) is 42.5 Å².